The van der Waals surface area contributed by atoms with Crippen molar-refractivity contribution in [3.63, 3.8) is 0 Å². The zero-order valence-electron chi connectivity index (χ0n) is 81.3. The first-order valence-electron chi connectivity index (χ1n) is 48.6. The van der Waals surface area contributed by atoms with Gasteiger partial charge < -0.3 is 71.9 Å². The van der Waals surface area contributed by atoms with Gasteiger partial charge in [-0.25, -0.2) is 48.9 Å². The molecule has 5 aliphatic heterocycles. The molecule has 0 bridgehead atoms. The zero-order chi connectivity index (χ0) is 98.0. The summed E-state index contributed by atoms with van der Waals surface area (Å²) in [5, 5.41) is 21.8. The molecule has 5 aliphatic rings. The molecule has 15 rings (SSSR count). The van der Waals surface area contributed by atoms with Crippen molar-refractivity contribution in [1.82, 2.24) is 64.6 Å². The predicted molar refractivity (Wildman–Crippen MR) is 544 cm³/mol. The molecule has 5 aromatic heterocycles. The van der Waals surface area contributed by atoms with Crippen LogP contribution in [0.5, 0.6) is 28.7 Å². The van der Waals surface area contributed by atoms with Crippen LogP contribution < -0.4 is 74.8 Å². The van der Waals surface area contributed by atoms with Crippen LogP contribution in [-0.4, -0.2) is 325 Å². The second-order valence-electron chi connectivity index (χ2n) is 32.5. The van der Waals surface area contributed by atoms with E-state index in [4.69, 9.17) is 47.4 Å². The maximum atomic E-state index is 12.0. The summed E-state index contributed by atoms with van der Waals surface area (Å²) in [4.78, 5) is 109. The van der Waals surface area contributed by atoms with Crippen molar-refractivity contribution in [3.05, 3.63) is 226 Å². The molecule has 5 N–H and O–H groups in total. The van der Waals surface area contributed by atoms with Crippen molar-refractivity contribution in [3.8, 4) is 28.7 Å². The van der Waals surface area contributed by atoms with Crippen LogP contribution in [0.1, 0.15) is 66.7 Å². The summed E-state index contributed by atoms with van der Waals surface area (Å²) < 4.78 is 54.0. The molecule has 0 aliphatic carbocycles. The highest BCUT2D eigenvalue weighted by Crippen LogP contribution is 2.30. The third kappa shape index (κ3) is 38.3. The fourth-order valence-corrected chi connectivity index (χ4v) is 15.7. The Balaban J connectivity index is 0.000000167. The Kier molecular flexibility index (Phi) is 47.0. The number of piperazine rings is 5. The van der Waals surface area contributed by atoms with Crippen LogP contribution in [0.4, 0.5) is 81.5 Å². The second-order valence-corrected chi connectivity index (χ2v) is 32.5. The van der Waals surface area contributed by atoms with E-state index >= 15 is 0 Å². The number of para-hydroxylation sites is 10. The lowest BCUT2D eigenvalue weighted by molar-refractivity contribution is 0.150. The molecule has 10 aromatic rings. The van der Waals surface area contributed by atoms with Crippen LogP contribution in [-0.2, 0) is 23.7 Å². The summed E-state index contributed by atoms with van der Waals surface area (Å²) in [7, 11) is 0. The van der Waals surface area contributed by atoms with Crippen LogP contribution in [0.15, 0.2) is 226 Å². The Morgan fingerprint density at radius 1 is 0.264 bits per heavy atom. The molecular weight excluding hydrogens is 1790 g/mol. The molecule has 5 amide bonds. The Hall–Kier alpha value is -14.2. The Labute approximate surface area is 821 Å². The van der Waals surface area contributed by atoms with Crippen molar-refractivity contribution in [1.29, 1.82) is 0 Å². The van der Waals surface area contributed by atoms with Gasteiger partial charge in [0.05, 0.1) is 94.5 Å². The summed E-state index contributed by atoms with van der Waals surface area (Å²) >= 11 is 0. The number of hydrogen-bond acceptors (Lipinski definition) is 33. The lowest BCUT2D eigenvalue weighted by atomic mass is 10.2. The van der Waals surface area contributed by atoms with Crippen molar-refractivity contribution in [2.45, 2.75) is 66.7 Å². The number of nitrogens with one attached hydrogen (secondary N) is 5. The fraction of sp³-hybridized carbons (Fsp3) is 0.441. The van der Waals surface area contributed by atoms with Crippen LogP contribution >= 0.6 is 0 Å². The molecule has 5 fully saturated rings. The highest BCUT2D eigenvalue weighted by molar-refractivity contribution is 5.89. The van der Waals surface area contributed by atoms with E-state index < -0.39 is 30.5 Å². The quantitative estimate of drug-likeness (QED) is 0.0176. The molecule has 38 nitrogen and oxygen atoms in total. The fourth-order valence-electron chi connectivity index (χ4n) is 15.7. The number of rotatable bonds is 40. The second kappa shape index (κ2) is 61.9. The first-order valence-corrected chi connectivity index (χ1v) is 48.6. The van der Waals surface area contributed by atoms with Gasteiger partial charge in [-0.2, -0.15) is 5.10 Å². The third-order valence-corrected chi connectivity index (χ3v) is 22.8. The molecule has 750 valence electrons. The standard InChI is InChI=1S/2C21H28N4O3.3C20H27N5O3/c1-2-27-19-9-4-3-8-18(19)23-21(26)28-17-7-12-24-13-15-25(16-14-24)20-10-5-6-11-22-20;1-2-27-20-7-4-3-6-19(20)23-21(26)28-17-5-12-24-13-15-25(16-14-24)18-8-10-22-11-9-18;1-2-27-18-8-4-3-7-17(18)23-20(26)28-16-6-11-24-12-14-25(15-13-24)19-21-9-5-10-22-19;1-2-27-18-8-4-3-7-17(18)22-20(26)28-16-6-11-24-12-14-25(15-13-24)19-9-5-10-21-23-19;1-2-27-18-7-4-3-6-17(18)23-20(26)28-15-5-10-24-11-13-25(14-12-24)19-8-9-21-16-22-19/h3-6,8-11H,2,7,12-17H2,1H3,(H,23,26);3-4,6-11H,2,5,12-17H2,1H3,(H,23,26);3-5,7-10H,2,6,11-16H2,1H3,(H,23,26);3-5,7-10H,2,6,11-16H2,1H3,(H,22,26);3-4,6-9,16H,2,5,10-15H2,1H3,(H,23,26). The van der Waals surface area contributed by atoms with Gasteiger partial charge in [0.15, 0.2) is 5.82 Å². The lowest BCUT2D eigenvalue weighted by Gasteiger charge is -2.36. The molecule has 140 heavy (non-hydrogen) atoms. The monoisotopic (exact) mass is 1920 g/mol. The van der Waals surface area contributed by atoms with Crippen LogP contribution in [0.2, 0.25) is 0 Å². The normalized spacial score (nSPS) is 14.5. The highest BCUT2D eigenvalue weighted by atomic mass is 16.6. The van der Waals surface area contributed by atoms with Gasteiger partial charge in [-0.1, -0.05) is 66.7 Å². The summed E-state index contributed by atoms with van der Waals surface area (Å²) in [6.07, 6.45) is 15.8. The smallest absolute Gasteiger partial charge is 0.411 e. The van der Waals surface area contributed by atoms with Gasteiger partial charge in [-0.15, -0.1) is 5.10 Å². The van der Waals surface area contributed by atoms with Gasteiger partial charge in [0.1, 0.15) is 46.7 Å². The summed E-state index contributed by atoms with van der Waals surface area (Å²) in [5.74, 6) is 6.94. The summed E-state index contributed by atoms with van der Waals surface area (Å²) in [6.45, 7) is 37.9. The molecule has 0 spiro atoms. The third-order valence-electron chi connectivity index (χ3n) is 22.8. The van der Waals surface area contributed by atoms with Crippen LogP contribution in [0.25, 0.3) is 0 Å². The van der Waals surface area contributed by atoms with Crippen LogP contribution in [0, 0.1) is 0 Å². The van der Waals surface area contributed by atoms with Crippen molar-refractivity contribution in [2.24, 2.45) is 0 Å². The van der Waals surface area contributed by atoms with E-state index in [1.54, 1.807) is 61.4 Å². The molecular formula is C102H137N23O15. The van der Waals surface area contributed by atoms with Gasteiger partial charge in [-0.05, 0) is 176 Å². The lowest BCUT2D eigenvalue weighted by Crippen LogP contribution is -2.47. The number of carbonyl (C=O) groups excluding carboxylic acids is 5. The van der Waals surface area contributed by atoms with Gasteiger partial charge in [0.25, 0.3) is 0 Å². The molecule has 10 heterocycles. The van der Waals surface area contributed by atoms with Gasteiger partial charge in [0, 0.05) is 213 Å². The highest BCUT2D eigenvalue weighted by Gasteiger charge is 2.25. The number of carbonyl (C=O) groups is 5. The minimum absolute atomic E-state index is 0.380. The van der Waals surface area contributed by atoms with E-state index in [1.807, 2.05) is 199 Å². The number of benzene rings is 5. The van der Waals surface area contributed by atoms with Crippen molar-refractivity contribution in [2.75, 3.05) is 281 Å². The average molecular weight is 1930 g/mol. The predicted octanol–water partition coefficient (Wildman–Crippen LogP) is 14.4. The van der Waals surface area contributed by atoms with E-state index in [-0.39, 0.29) is 0 Å². The summed E-state index contributed by atoms with van der Waals surface area (Å²) in [6, 6.07) is 54.4. The minimum atomic E-state index is -0.460. The number of ether oxygens (including phenoxy) is 10. The van der Waals surface area contributed by atoms with Gasteiger partial charge in [0.2, 0.25) is 5.95 Å². The molecule has 0 radical (unpaired) electrons. The Morgan fingerprint density at radius 3 is 0.850 bits per heavy atom. The first-order chi connectivity index (χ1) is 68.8. The zero-order valence-corrected chi connectivity index (χ0v) is 81.3. The van der Waals surface area contributed by atoms with Gasteiger partial charge >= 0.3 is 30.5 Å². The molecule has 38 heteroatoms. The topological polar surface area (TPSA) is 373 Å². The van der Waals surface area contributed by atoms with Crippen LogP contribution in [0.3, 0.4) is 0 Å². The molecule has 0 unspecified atom stereocenters. The first kappa shape index (κ1) is 106. The van der Waals surface area contributed by atoms with E-state index in [2.05, 4.69) is 116 Å². The SMILES string of the molecule is CCOc1ccccc1NC(=O)OCCCN1CCN(c2ccccn2)CC1.CCOc1ccccc1NC(=O)OCCCN1CCN(c2cccnn2)CC1.CCOc1ccccc1NC(=O)OCCCN1CCN(c2ccncc2)CC1.CCOc1ccccc1NC(=O)OCCCN1CCN(c2ccncn2)CC1.CCOc1ccccc1NC(=O)OCCCN1CCN(c2ncccn2)CC1. The van der Waals surface area contributed by atoms with Crippen molar-refractivity contribution >= 4 is 88.0 Å². The van der Waals surface area contributed by atoms with E-state index in [1.165, 1.54) is 5.69 Å². The largest absolute Gasteiger partial charge is 0.492 e. The van der Waals surface area contributed by atoms with E-state index in [0.717, 1.165) is 219 Å². The Morgan fingerprint density at radius 2 is 0.550 bits per heavy atom. The number of amides is 5. The number of anilines is 10. The molecule has 0 atom stereocenters. The minimum Gasteiger partial charge on any atom is -0.492 e. The molecule has 0 saturated carbocycles. The average Bonchev–Trinajstić information content (AvgIpc) is 0.883. The number of aromatic nitrogens is 8. The maximum absolute atomic E-state index is 12.0. The number of hydrogen-bond donors (Lipinski definition) is 5. The van der Waals surface area contributed by atoms with E-state index in [9.17, 15) is 24.0 Å². The molecule has 5 aromatic carbocycles. The summed E-state index contributed by atoms with van der Waals surface area (Å²) in [5.41, 5.74) is 4.34. The van der Waals surface area contributed by atoms with Gasteiger partial charge in [-0.3, -0.25) is 56.1 Å². The van der Waals surface area contributed by atoms with Crippen molar-refractivity contribution < 1.29 is 71.3 Å². The molecule has 5 saturated heterocycles. The van der Waals surface area contributed by atoms with E-state index in [0.29, 0.717) is 123 Å². The maximum Gasteiger partial charge on any atom is 0.411 e. The number of pyridine rings is 2. The number of nitrogens with zero attached hydrogens (tertiary/aromatic N) is 18. The Bertz CT molecular complexity index is 4410.